The van der Waals surface area contributed by atoms with Crippen LogP contribution in [-0.4, -0.2) is 24.4 Å². The van der Waals surface area contributed by atoms with Crippen molar-refractivity contribution in [3.05, 3.63) is 35.6 Å². The number of rotatable bonds is 6. The zero-order valence-electron chi connectivity index (χ0n) is 12.4. The molecule has 1 aromatic carbocycles. The van der Waals surface area contributed by atoms with Crippen LogP contribution in [0.25, 0.3) is 0 Å². The van der Waals surface area contributed by atoms with Gasteiger partial charge in [0.25, 0.3) is 0 Å². The lowest BCUT2D eigenvalue weighted by molar-refractivity contribution is -0.141. The Hall–Kier alpha value is -1.13. The molecule has 0 saturated heterocycles. The molecule has 0 heterocycles. The maximum atomic E-state index is 13.1. The van der Waals surface area contributed by atoms with Gasteiger partial charge in [-0.05, 0) is 30.5 Å². The Kier molecular flexibility index (Phi) is 7.76. The summed E-state index contributed by atoms with van der Waals surface area (Å²) in [6.07, 6.45) is 1.43. The van der Waals surface area contributed by atoms with Gasteiger partial charge in [-0.2, -0.15) is 0 Å². The van der Waals surface area contributed by atoms with Crippen LogP contribution in [0.4, 0.5) is 4.39 Å². The second-order valence-corrected chi connectivity index (χ2v) is 4.98. The number of halogens is 2. The molecule has 0 radical (unpaired) electrons. The standard InChI is InChI=1S/C15H23FN2O.ClH/c1-4-15(5-2,11-17)14(19)18(3)10-12-7-6-8-13(16)9-12;/h6-9H,4-5,10-11,17H2,1-3H3;1H. The molecule has 1 amide bonds. The third kappa shape index (κ3) is 4.18. The molecule has 3 nitrogen and oxygen atoms in total. The summed E-state index contributed by atoms with van der Waals surface area (Å²) in [5, 5.41) is 0. The van der Waals surface area contributed by atoms with Gasteiger partial charge in [-0.1, -0.05) is 26.0 Å². The molecule has 0 atom stereocenters. The summed E-state index contributed by atoms with van der Waals surface area (Å²) in [5.74, 6) is -0.251. The fourth-order valence-corrected chi connectivity index (χ4v) is 2.31. The zero-order valence-corrected chi connectivity index (χ0v) is 13.2. The lowest BCUT2D eigenvalue weighted by atomic mass is 9.81. The maximum absolute atomic E-state index is 13.1. The van der Waals surface area contributed by atoms with Crippen molar-refractivity contribution in [3.8, 4) is 0 Å². The fraction of sp³-hybridized carbons (Fsp3) is 0.533. The molecule has 2 N–H and O–H groups in total. The molecule has 1 aromatic rings. The molecule has 20 heavy (non-hydrogen) atoms. The monoisotopic (exact) mass is 302 g/mol. The van der Waals surface area contributed by atoms with E-state index in [1.54, 1.807) is 18.0 Å². The molecule has 0 saturated carbocycles. The van der Waals surface area contributed by atoms with E-state index < -0.39 is 5.41 Å². The van der Waals surface area contributed by atoms with Crippen LogP contribution in [0, 0.1) is 11.2 Å². The third-order valence-corrected chi connectivity index (χ3v) is 3.85. The molecule has 0 unspecified atom stereocenters. The van der Waals surface area contributed by atoms with Crippen molar-refractivity contribution in [3.63, 3.8) is 0 Å². The van der Waals surface area contributed by atoms with Gasteiger partial charge in [-0.3, -0.25) is 4.79 Å². The van der Waals surface area contributed by atoms with Crippen LogP contribution in [-0.2, 0) is 11.3 Å². The minimum atomic E-state index is -0.498. The van der Waals surface area contributed by atoms with Crippen LogP contribution in [0.15, 0.2) is 24.3 Å². The fourth-order valence-electron chi connectivity index (χ4n) is 2.31. The van der Waals surface area contributed by atoms with Crippen molar-refractivity contribution in [2.45, 2.75) is 33.2 Å². The van der Waals surface area contributed by atoms with E-state index in [0.29, 0.717) is 25.9 Å². The summed E-state index contributed by atoms with van der Waals surface area (Å²) in [6, 6.07) is 6.31. The summed E-state index contributed by atoms with van der Waals surface area (Å²) >= 11 is 0. The van der Waals surface area contributed by atoms with Gasteiger partial charge in [0.2, 0.25) is 5.91 Å². The molecular formula is C15H24ClFN2O. The van der Waals surface area contributed by atoms with Gasteiger partial charge in [0.1, 0.15) is 5.82 Å². The largest absolute Gasteiger partial charge is 0.341 e. The summed E-state index contributed by atoms with van der Waals surface area (Å²) in [4.78, 5) is 14.1. The highest BCUT2D eigenvalue weighted by Gasteiger charge is 2.35. The maximum Gasteiger partial charge on any atom is 0.230 e. The topological polar surface area (TPSA) is 46.3 Å². The molecule has 0 fully saturated rings. The summed E-state index contributed by atoms with van der Waals surface area (Å²) in [6.45, 7) is 4.69. The smallest absolute Gasteiger partial charge is 0.230 e. The number of hydrogen-bond donors (Lipinski definition) is 1. The molecule has 0 aliphatic carbocycles. The highest BCUT2D eigenvalue weighted by atomic mass is 35.5. The summed E-state index contributed by atoms with van der Waals surface area (Å²) in [5.41, 5.74) is 6.07. The highest BCUT2D eigenvalue weighted by Crippen LogP contribution is 2.27. The molecule has 0 aliphatic rings. The van der Waals surface area contributed by atoms with E-state index in [9.17, 15) is 9.18 Å². The molecular weight excluding hydrogens is 279 g/mol. The highest BCUT2D eigenvalue weighted by molar-refractivity contribution is 5.85. The van der Waals surface area contributed by atoms with E-state index in [4.69, 9.17) is 5.73 Å². The van der Waals surface area contributed by atoms with E-state index in [1.165, 1.54) is 12.1 Å². The molecule has 0 aromatic heterocycles. The second kappa shape index (κ2) is 8.22. The van der Waals surface area contributed by atoms with Crippen LogP contribution in [0.3, 0.4) is 0 Å². The Morgan fingerprint density at radius 1 is 1.35 bits per heavy atom. The van der Waals surface area contributed by atoms with Gasteiger partial charge < -0.3 is 10.6 Å². The average Bonchev–Trinajstić information content (AvgIpc) is 2.41. The average molecular weight is 303 g/mol. The van der Waals surface area contributed by atoms with E-state index in [-0.39, 0.29) is 24.1 Å². The molecule has 0 bridgehead atoms. The van der Waals surface area contributed by atoms with Crippen molar-refractivity contribution < 1.29 is 9.18 Å². The quantitative estimate of drug-likeness (QED) is 0.878. The Labute approximate surface area is 126 Å². The third-order valence-electron chi connectivity index (χ3n) is 3.85. The Morgan fingerprint density at radius 2 is 1.95 bits per heavy atom. The van der Waals surface area contributed by atoms with Crippen LogP contribution < -0.4 is 5.73 Å². The zero-order chi connectivity index (χ0) is 14.5. The lowest BCUT2D eigenvalue weighted by Crippen LogP contribution is -2.45. The number of nitrogens with two attached hydrogens (primary N) is 1. The van der Waals surface area contributed by atoms with E-state index in [0.717, 1.165) is 5.56 Å². The van der Waals surface area contributed by atoms with Crippen molar-refractivity contribution in [2.75, 3.05) is 13.6 Å². The van der Waals surface area contributed by atoms with Crippen LogP contribution in [0.5, 0.6) is 0 Å². The molecule has 0 aliphatic heterocycles. The normalized spacial score (nSPS) is 10.8. The Balaban J connectivity index is 0.00000361. The van der Waals surface area contributed by atoms with Crippen molar-refractivity contribution >= 4 is 18.3 Å². The van der Waals surface area contributed by atoms with Gasteiger partial charge in [-0.25, -0.2) is 4.39 Å². The van der Waals surface area contributed by atoms with Gasteiger partial charge in [0, 0.05) is 20.1 Å². The minimum Gasteiger partial charge on any atom is -0.341 e. The minimum absolute atomic E-state index is 0. The predicted octanol–water partition coefficient (Wildman–Crippen LogP) is 2.97. The van der Waals surface area contributed by atoms with Crippen molar-refractivity contribution in [1.82, 2.24) is 4.90 Å². The summed E-state index contributed by atoms with van der Waals surface area (Å²) in [7, 11) is 1.74. The van der Waals surface area contributed by atoms with E-state index >= 15 is 0 Å². The second-order valence-electron chi connectivity index (χ2n) is 4.98. The SMILES string of the molecule is CCC(CC)(CN)C(=O)N(C)Cc1cccc(F)c1.Cl. The molecule has 1 rings (SSSR count). The first kappa shape index (κ1) is 18.9. The number of benzene rings is 1. The van der Waals surface area contributed by atoms with Crippen molar-refractivity contribution in [2.24, 2.45) is 11.1 Å². The predicted molar refractivity (Wildman–Crippen MR) is 82.2 cm³/mol. The first-order valence-corrected chi connectivity index (χ1v) is 6.69. The first-order valence-electron chi connectivity index (χ1n) is 6.69. The first-order chi connectivity index (χ1) is 8.99. The number of carbonyl (C=O) groups excluding carboxylic acids is 1. The van der Waals surface area contributed by atoms with E-state index in [1.807, 2.05) is 19.9 Å². The van der Waals surface area contributed by atoms with Gasteiger partial charge in [0.15, 0.2) is 0 Å². The lowest BCUT2D eigenvalue weighted by Gasteiger charge is -2.33. The summed E-state index contributed by atoms with van der Waals surface area (Å²) < 4.78 is 13.1. The van der Waals surface area contributed by atoms with E-state index in [2.05, 4.69) is 0 Å². The molecule has 5 heteroatoms. The number of carbonyl (C=O) groups is 1. The molecule has 0 spiro atoms. The number of nitrogens with zero attached hydrogens (tertiary/aromatic N) is 1. The Bertz CT molecular complexity index is 427. The number of hydrogen-bond acceptors (Lipinski definition) is 2. The van der Waals surface area contributed by atoms with Crippen LogP contribution >= 0.6 is 12.4 Å². The van der Waals surface area contributed by atoms with Crippen LogP contribution in [0.2, 0.25) is 0 Å². The van der Waals surface area contributed by atoms with Crippen molar-refractivity contribution in [1.29, 1.82) is 0 Å². The van der Waals surface area contributed by atoms with Crippen LogP contribution in [0.1, 0.15) is 32.3 Å². The van der Waals surface area contributed by atoms with Gasteiger partial charge >= 0.3 is 0 Å². The Morgan fingerprint density at radius 3 is 2.40 bits per heavy atom. The number of amides is 1. The van der Waals surface area contributed by atoms with Gasteiger partial charge in [0.05, 0.1) is 5.41 Å². The van der Waals surface area contributed by atoms with Gasteiger partial charge in [-0.15, -0.1) is 12.4 Å². The molecule has 114 valence electrons.